The van der Waals surface area contributed by atoms with E-state index in [0.717, 1.165) is 30.1 Å². The molecule has 5 aliphatic rings. The first-order chi connectivity index (χ1) is 14.3. The molecule has 5 rings (SSSR count). The molecule has 5 aliphatic carbocycles. The summed E-state index contributed by atoms with van der Waals surface area (Å²) >= 11 is 0. The molecule has 1 heteroatoms. The fraction of sp³-hybridized carbons (Fsp3) is 0.933. The van der Waals surface area contributed by atoms with Gasteiger partial charge in [-0.3, -0.25) is 0 Å². The van der Waals surface area contributed by atoms with Crippen LogP contribution in [-0.4, -0.2) is 11.2 Å². The number of allylic oxidation sites excluding steroid dienone is 1. The van der Waals surface area contributed by atoms with Crippen molar-refractivity contribution in [1.29, 1.82) is 0 Å². The van der Waals surface area contributed by atoms with E-state index in [2.05, 4.69) is 55.0 Å². The van der Waals surface area contributed by atoms with Crippen LogP contribution in [0.25, 0.3) is 0 Å². The molecule has 0 heterocycles. The van der Waals surface area contributed by atoms with Crippen LogP contribution in [0.5, 0.6) is 0 Å². The predicted octanol–water partition coefficient (Wildman–Crippen LogP) is 8.02. The summed E-state index contributed by atoms with van der Waals surface area (Å²) in [6.45, 7) is 22.3. The first-order valence-corrected chi connectivity index (χ1v) is 13.6. The van der Waals surface area contributed by atoms with Gasteiger partial charge in [0.15, 0.2) is 0 Å². The molecule has 0 spiro atoms. The summed E-state index contributed by atoms with van der Waals surface area (Å²) < 4.78 is 0. The molecule has 0 amide bonds. The summed E-state index contributed by atoms with van der Waals surface area (Å²) in [6.07, 6.45) is 13.4. The number of aliphatic hydroxyl groups excluding tert-OH is 1. The average Bonchev–Trinajstić information content (AvgIpc) is 3.04. The topological polar surface area (TPSA) is 20.2 Å². The molecule has 176 valence electrons. The van der Waals surface area contributed by atoms with E-state index in [1.165, 1.54) is 63.4 Å². The molecule has 1 N–H and O–H groups in total. The van der Waals surface area contributed by atoms with E-state index in [0.29, 0.717) is 27.6 Å². The highest BCUT2D eigenvalue weighted by Gasteiger charge is 2.70. The summed E-state index contributed by atoms with van der Waals surface area (Å²) in [5.41, 5.74) is 3.38. The second-order valence-electron chi connectivity index (χ2n) is 14.7. The van der Waals surface area contributed by atoms with Crippen molar-refractivity contribution in [3.8, 4) is 0 Å². The highest BCUT2D eigenvalue weighted by molar-refractivity contribution is 5.21. The third kappa shape index (κ3) is 2.65. The predicted molar refractivity (Wildman–Crippen MR) is 131 cm³/mol. The smallest absolute Gasteiger partial charge is 0.0594 e. The number of rotatable bonds is 1. The Kier molecular flexibility index (Phi) is 4.82. The van der Waals surface area contributed by atoms with Crippen LogP contribution in [0.3, 0.4) is 0 Å². The van der Waals surface area contributed by atoms with Gasteiger partial charge in [0.05, 0.1) is 6.10 Å². The normalized spacial score (nSPS) is 57.9. The zero-order valence-electron chi connectivity index (χ0n) is 21.7. The van der Waals surface area contributed by atoms with Gasteiger partial charge in [-0.05, 0) is 128 Å². The lowest BCUT2D eigenvalue weighted by Crippen LogP contribution is -2.66. The second kappa shape index (κ2) is 6.64. The van der Waals surface area contributed by atoms with Crippen LogP contribution < -0.4 is 0 Å². The average molecular weight is 427 g/mol. The van der Waals surface area contributed by atoms with Crippen LogP contribution in [-0.2, 0) is 0 Å². The second-order valence-corrected chi connectivity index (χ2v) is 14.7. The molecule has 0 unspecified atom stereocenters. The van der Waals surface area contributed by atoms with Gasteiger partial charge in [-0.1, -0.05) is 53.7 Å². The Morgan fingerprint density at radius 2 is 1.45 bits per heavy atom. The van der Waals surface area contributed by atoms with Gasteiger partial charge in [0.1, 0.15) is 0 Å². The van der Waals surface area contributed by atoms with Gasteiger partial charge < -0.3 is 5.11 Å². The molecule has 31 heavy (non-hydrogen) atoms. The summed E-state index contributed by atoms with van der Waals surface area (Å²) in [5, 5.41) is 10.9. The maximum atomic E-state index is 10.9. The number of hydrogen-bond donors (Lipinski definition) is 1. The SMILES string of the molecule is C=C(C)[C@@H]1CC[C@@]2(C)CC[C@@]3(C)[C@@H](CC[C@H]4[C@@]5(C)CC[C@H](O)C(C)(C)[C@H]5CC[C@]43C)[C@@H]12. The van der Waals surface area contributed by atoms with Crippen LogP contribution in [0, 0.1) is 56.7 Å². The van der Waals surface area contributed by atoms with Crippen molar-refractivity contribution in [2.45, 2.75) is 119 Å². The Balaban J connectivity index is 1.54. The minimum absolute atomic E-state index is 0.0632. The van der Waals surface area contributed by atoms with Gasteiger partial charge in [0.2, 0.25) is 0 Å². The summed E-state index contributed by atoms with van der Waals surface area (Å²) in [4.78, 5) is 0. The standard InChI is InChI=1S/C30H50O/c1-19(2)20-11-14-27(5)17-18-29(7)21(25(20)27)9-10-23-28(6)15-13-24(31)26(3,4)22(28)12-16-30(23,29)8/h20-25,31H,1,9-18H2,2-8H3/t20-,21-,22+,23-,24-,25+,27-,28-,29-,30+/m0/s1. The third-order valence-electron chi connectivity index (χ3n) is 13.5. The van der Waals surface area contributed by atoms with E-state index in [9.17, 15) is 5.11 Å². The summed E-state index contributed by atoms with van der Waals surface area (Å²) in [5.74, 6) is 3.98. The van der Waals surface area contributed by atoms with Crippen LogP contribution >= 0.6 is 0 Å². The molecular formula is C30H50O. The minimum atomic E-state index is -0.118. The Labute approximate surface area is 192 Å². The Bertz CT molecular complexity index is 766. The quantitative estimate of drug-likeness (QED) is 0.421. The van der Waals surface area contributed by atoms with Gasteiger partial charge in [0, 0.05) is 0 Å². The number of aliphatic hydroxyl groups is 1. The molecule has 0 aromatic rings. The molecule has 0 aliphatic heterocycles. The monoisotopic (exact) mass is 426 g/mol. The Morgan fingerprint density at radius 1 is 0.742 bits per heavy atom. The minimum Gasteiger partial charge on any atom is -0.393 e. The fourth-order valence-electron chi connectivity index (χ4n) is 11.5. The first-order valence-electron chi connectivity index (χ1n) is 13.6. The van der Waals surface area contributed by atoms with Gasteiger partial charge in [-0.2, -0.15) is 0 Å². The molecular weight excluding hydrogens is 376 g/mol. The van der Waals surface area contributed by atoms with E-state index in [1.54, 1.807) is 0 Å². The summed E-state index contributed by atoms with van der Waals surface area (Å²) in [6, 6.07) is 0. The molecule has 10 atom stereocenters. The lowest BCUT2D eigenvalue weighted by atomic mass is 9.32. The molecule has 0 radical (unpaired) electrons. The highest BCUT2D eigenvalue weighted by atomic mass is 16.3. The first kappa shape index (κ1) is 22.5. The van der Waals surface area contributed by atoms with Gasteiger partial charge in [-0.15, -0.1) is 0 Å². The van der Waals surface area contributed by atoms with Crippen LogP contribution in [0.4, 0.5) is 0 Å². The van der Waals surface area contributed by atoms with Crippen LogP contribution in [0.15, 0.2) is 12.2 Å². The maximum absolute atomic E-state index is 10.9. The van der Waals surface area contributed by atoms with Crippen molar-refractivity contribution in [2.24, 2.45) is 56.7 Å². The van der Waals surface area contributed by atoms with Gasteiger partial charge in [-0.25, -0.2) is 0 Å². The Morgan fingerprint density at radius 3 is 2.13 bits per heavy atom. The fourth-order valence-corrected chi connectivity index (χ4v) is 11.5. The molecule has 5 fully saturated rings. The van der Waals surface area contributed by atoms with Crippen molar-refractivity contribution in [3.05, 3.63) is 12.2 Å². The third-order valence-corrected chi connectivity index (χ3v) is 13.5. The zero-order valence-corrected chi connectivity index (χ0v) is 21.7. The van der Waals surface area contributed by atoms with Gasteiger partial charge >= 0.3 is 0 Å². The summed E-state index contributed by atoms with van der Waals surface area (Å²) in [7, 11) is 0. The molecule has 0 bridgehead atoms. The van der Waals surface area contributed by atoms with Crippen molar-refractivity contribution >= 4 is 0 Å². The molecule has 0 saturated heterocycles. The molecule has 1 nitrogen and oxygen atoms in total. The van der Waals surface area contributed by atoms with Crippen molar-refractivity contribution in [2.75, 3.05) is 0 Å². The lowest BCUT2D eigenvalue weighted by Gasteiger charge is -2.73. The van der Waals surface area contributed by atoms with E-state index in [1.807, 2.05) is 0 Å². The lowest BCUT2D eigenvalue weighted by molar-refractivity contribution is -0.246. The van der Waals surface area contributed by atoms with E-state index in [-0.39, 0.29) is 11.5 Å². The number of fused-ring (bicyclic) bond motifs is 7. The van der Waals surface area contributed by atoms with Crippen molar-refractivity contribution in [1.82, 2.24) is 0 Å². The highest BCUT2D eigenvalue weighted by Crippen LogP contribution is 2.77. The number of hydrogen-bond acceptors (Lipinski definition) is 1. The van der Waals surface area contributed by atoms with Crippen molar-refractivity contribution < 1.29 is 5.11 Å². The van der Waals surface area contributed by atoms with Crippen LogP contribution in [0.1, 0.15) is 113 Å². The van der Waals surface area contributed by atoms with Crippen LogP contribution in [0.2, 0.25) is 0 Å². The van der Waals surface area contributed by atoms with Gasteiger partial charge in [0.25, 0.3) is 0 Å². The van der Waals surface area contributed by atoms with E-state index < -0.39 is 0 Å². The van der Waals surface area contributed by atoms with Crippen molar-refractivity contribution in [3.63, 3.8) is 0 Å². The van der Waals surface area contributed by atoms with E-state index >= 15 is 0 Å². The molecule has 0 aromatic carbocycles. The zero-order chi connectivity index (χ0) is 22.6. The Hall–Kier alpha value is -0.300. The molecule has 5 saturated carbocycles. The largest absolute Gasteiger partial charge is 0.393 e. The molecule has 0 aromatic heterocycles. The maximum Gasteiger partial charge on any atom is 0.0594 e. The van der Waals surface area contributed by atoms with E-state index in [4.69, 9.17) is 0 Å².